The number of esters is 1. The quantitative estimate of drug-likeness (QED) is 0.506. The van der Waals surface area contributed by atoms with E-state index in [0.717, 1.165) is 11.1 Å². The molecule has 20 heavy (non-hydrogen) atoms. The molecule has 105 valence electrons. The summed E-state index contributed by atoms with van der Waals surface area (Å²) in [4.78, 5) is 11.6. The zero-order valence-corrected chi connectivity index (χ0v) is 16.6. The van der Waals surface area contributed by atoms with Gasteiger partial charge in [-0.3, -0.25) is 0 Å². The maximum absolute atomic E-state index is 11.6. The average Bonchev–Trinajstić information content (AvgIpc) is 2.62. The fourth-order valence-corrected chi connectivity index (χ4v) is 3.28. The maximum Gasteiger partial charge on any atom is 0.339 e. The molecule has 3 aliphatic rings. The Balaban J connectivity index is 0.00000147. The van der Waals surface area contributed by atoms with Gasteiger partial charge in [0.2, 0.25) is 0 Å². The van der Waals surface area contributed by atoms with Gasteiger partial charge >= 0.3 is 5.97 Å². The maximum atomic E-state index is 11.6. The molecule has 0 aromatic carbocycles. The number of rotatable bonds is 0. The summed E-state index contributed by atoms with van der Waals surface area (Å²) in [5.41, 5.74) is 2.26. The molecule has 0 saturated carbocycles. The number of hydrogen-bond acceptors (Lipinski definition) is 4. The van der Waals surface area contributed by atoms with Gasteiger partial charge in [0.25, 0.3) is 0 Å². The van der Waals surface area contributed by atoms with Crippen LogP contribution in [0.25, 0.3) is 0 Å². The first kappa shape index (κ1) is 16.4. The zero-order chi connectivity index (χ0) is 13.9. The SMILES string of the molecule is CC1=C2C[C@@]3(C)C(=C[C@H](O)[C@H](O)[C@@H]3C)C=C2OC1=O.[Ac]. The van der Waals surface area contributed by atoms with Crippen molar-refractivity contribution in [3.05, 3.63) is 34.6 Å². The van der Waals surface area contributed by atoms with Crippen LogP contribution >= 0.6 is 0 Å². The van der Waals surface area contributed by atoms with Gasteiger partial charge in [-0.15, -0.1) is 0 Å². The van der Waals surface area contributed by atoms with E-state index in [1.54, 1.807) is 13.0 Å². The molecule has 3 rings (SSSR count). The van der Waals surface area contributed by atoms with Crippen LogP contribution in [0.4, 0.5) is 0 Å². The summed E-state index contributed by atoms with van der Waals surface area (Å²) in [5.74, 6) is 0.219. The van der Waals surface area contributed by atoms with Crippen LogP contribution in [-0.2, 0) is 9.53 Å². The van der Waals surface area contributed by atoms with Gasteiger partial charge in [-0.25, -0.2) is 4.79 Å². The summed E-state index contributed by atoms with van der Waals surface area (Å²) < 4.78 is 5.23. The molecule has 2 N–H and O–H groups in total. The Morgan fingerprint density at radius 1 is 1.40 bits per heavy atom. The Morgan fingerprint density at radius 2 is 2.05 bits per heavy atom. The van der Waals surface area contributed by atoms with E-state index in [4.69, 9.17) is 4.74 Å². The molecule has 0 aromatic heterocycles. The molecular weight excluding hydrogens is 471 g/mol. The van der Waals surface area contributed by atoms with Crippen LogP contribution in [0, 0.1) is 55.4 Å². The van der Waals surface area contributed by atoms with E-state index in [9.17, 15) is 15.0 Å². The first-order valence-corrected chi connectivity index (χ1v) is 6.57. The van der Waals surface area contributed by atoms with Gasteiger partial charge in [-0.1, -0.05) is 13.8 Å². The van der Waals surface area contributed by atoms with Crippen LogP contribution in [0.3, 0.4) is 0 Å². The predicted octanol–water partition coefficient (Wildman–Crippen LogP) is 1.45. The Bertz CT molecular complexity index is 560. The molecule has 0 saturated heterocycles. The Hall–Kier alpha value is 0.0516. The number of aliphatic hydroxyl groups is 2. The van der Waals surface area contributed by atoms with Gasteiger partial charge in [0, 0.05) is 60.6 Å². The smallest absolute Gasteiger partial charge is 0.339 e. The van der Waals surface area contributed by atoms with E-state index >= 15 is 0 Å². The first-order valence-electron chi connectivity index (χ1n) is 6.57. The number of fused-ring (bicyclic) bond motifs is 2. The molecule has 0 unspecified atom stereocenters. The van der Waals surface area contributed by atoms with Gasteiger partial charge in [-0.2, -0.15) is 0 Å². The van der Waals surface area contributed by atoms with E-state index < -0.39 is 12.2 Å². The summed E-state index contributed by atoms with van der Waals surface area (Å²) in [5, 5.41) is 19.9. The van der Waals surface area contributed by atoms with E-state index in [0.29, 0.717) is 17.8 Å². The topological polar surface area (TPSA) is 66.8 Å². The number of carbonyl (C=O) groups excluding carboxylic acids is 1. The van der Waals surface area contributed by atoms with Crippen LogP contribution in [0.5, 0.6) is 0 Å². The number of aliphatic hydroxyl groups excluding tert-OH is 2. The van der Waals surface area contributed by atoms with Crippen molar-refractivity contribution in [3.63, 3.8) is 0 Å². The molecule has 1 heterocycles. The molecule has 4 nitrogen and oxygen atoms in total. The molecule has 1 aliphatic heterocycles. The second-order valence-corrected chi connectivity index (χ2v) is 5.99. The minimum Gasteiger partial charge on any atom is -0.423 e. The van der Waals surface area contributed by atoms with Crippen molar-refractivity contribution in [2.45, 2.75) is 39.4 Å². The molecule has 0 fully saturated rings. The number of allylic oxidation sites excluding steroid dienone is 3. The number of carbonyl (C=O) groups is 1. The average molecular weight is 489 g/mol. The second-order valence-electron chi connectivity index (χ2n) is 5.99. The summed E-state index contributed by atoms with van der Waals surface area (Å²) in [7, 11) is 0. The van der Waals surface area contributed by atoms with Crippen LogP contribution in [-0.4, -0.2) is 28.4 Å². The van der Waals surface area contributed by atoms with E-state index in [1.807, 2.05) is 13.0 Å². The largest absolute Gasteiger partial charge is 0.423 e. The Kier molecular flexibility index (Phi) is 4.40. The van der Waals surface area contributed by atoms with Crippen molar-refractivity contribution in [1.29, 1.82) is 0 Å². The van der Waals surface area contributed by atoms with E-state index in [2.05, 4.69) is 6.92 Å². The number of ether oxygens (including phenoxy) is 1. The van der Waals surface area contributed by atoms with Crippen LogP contribution < -0.4 is 0 Å². The minimum absolute atomic E-state index is 0. The van der Waals surface area contributed by atoms with Gasteiger partial charge in [0.05, 0.1) is 12.2 Å². The summed E-state index contributed by atoms with van der Waals surface area (Å²) in [6.45, 7) is 5.78. The van der Waals surface area contributed by atoms with Gasteiger partial charge in [0.1, 0.15) is 5.76 Å². The third-order valence-corrected chi connectivity index (χ3v) is 4.97. The van der Waals surface area contributed by atoms with Crippen molar-refractivity contribution >= 4 is 5.97 Å². The molecule has 0 aromatic rings. The number of hydrogen-bond donors (Lipinski definition) is 2. The normalized spacial score (nSPS) is 39.2. The van der Waals surface area contributed by atoms with Crippen LogP contribution in [0.15, 0.2) is 34.6 Å². The molecule has 1 radical (unpaired) electrons. The molecule has 5 heteroatoms. The van der Waals surface area contributed by atoms with Crippen molar-refractivity contribution in [2.75, 3.05) is 0 Å². The molecule has 2 aliphatic carbocycles. The molecule has 0 spiro atoms. The van der Waals surface area contributed by atoms with Crippen LogP contribution in [0.1, 0.15) is 27.2 Å². The van der Waals surface area contributed by atoms with Crippen molar-refractivity contribution in [3.8, 4) is 0 Å². The fourth-order valence-electron chi connectivity index (χ4n) is 3.28. The molecule has 0 amide bonds. The second kappa shape index (κ2) is 5.35. The van der Waals surface area contributed by atoms with E-state index in [-0.39, 0.29) is 61.4 Å². The van der Waals surface area contributed by atoms with Crippen molar-refractivity contribution in [1.82, 2.24) is 0 Å². The minimum atomic E-state index is -0.862. The third kappa shape index (κ3) is 2.18. The molecule has 0 bridgehead atoms. The summed E-state index contributed by atoms with van der Waals surface area (Å²) in [6.07, 6.45) is 2.53. The standard InChI is InChI=1S/C15H18O4.Ac/c1-7-10-6-15(3)8(2)13(17)11(16)4-9(15)5-12(10)19-14(7)18;/h4-5,8,11,13,16-17H,6H2,1-3H3;/t8-,11-,13+,15+;/m0./s1. The predicted molar refractivity (Wildman–Crippen MR) is 68.9 cm³/mol. The Morgan fingerprint density at radius 3 is 2.70 bits per heavy atom. The van der Waals surface area contributed by atoms with Crippen LogP contribution in [0.2, 0.25) is 0 Å². The molecule has 4 atom stereocenters. The van der Waals surface area contributed by atoms with Gasteiger partial charge in [0.15, 0.2) is 0 Å². The van der Waals surface area contributed by atoms with E-state index in [1.165, 1.54) is 0 Å². The first-order chi connectivity index (χ1) is 8.84. The third-order valence-electron chi connectivity index (χ3n) is 4.97. The summed E-state index contributed by atoms with van der Waals surface area (Å²) in [6, 6.07) is 0. The monoisotopic (exact) mass is 489 g/mol. The zero-order valence-electron chi connectivity index (χ0n) is 11.9. The van der Waals surface area contributed by atoms with Gasteiger partial charge in [-0.05, 0) is 37.0 Å². The van der Waals surface area contributed by atoms with Gasteiger partial charge < -0.3 is 14.9 Å². The van der Waals surface area contributed by atoms with Crippen molar-refractivity contribution in [2.24, 2.45) is 11.3 Å². The Labute approximate surface area is 154 Å². The fraction of sp³-hybridized carbons (Fsp3) is 0.533. The van der Waals surface area contributed by atoms with Crippen molar-refractivity contribution < 1.29 is 63.8 Å². The molecular formula is C15H18AcO4. The summed E-state index contributed by atoms with van der Waals surface area (Å²) >= 11 is 0.